The number of phenolic OH excluding ortho intramolecular Hbond substituents is 1. The summed E-state index contributed by atoms with van der Waals surface area (Å²) < 4.78 is 38.4. The van der Waals surface area contributed by atoms with E-state index in [1.807, 2.05) is 6.92 Å². The summed E-state index contributed by atoms with van der Waals surface area (Å²) in [6.07, 6.45) is -2.76. The molecule has 2 N–H and O–H groups in total. The monoisotopic (exact) mass is 380 g/mol. The Morgan fingerprint density at radius 1 is 1.15 bits per heavy atom. The molecule has 0 bridgehead atoms. The molecule has 5 nitrogen and oxygen atoms in total. The van der Waals surface area contributed by atoms with Gasteiger partial charge >= 0.3 is 6.18 Å². The predicted octanol–water partition coefficient (Wildman–Crippen LogP) is 4.55. The molecule has 0 aliphatic rings. The highest BCUT2D eigenvalue weighted by Gasteiger charge is 2.32. The second-order valence-electron chi connectivity index (χ2n) is 5.72. The van der Waals surface area contributed by atoms with Crippen LogP contribution < -0.4 is 5.32 Å². The zero-order valence-electron chi connectivity index (χ0n) is 13.9. The molecule has 0 fully saturated rings. The van der Waals surface area contributed by atoms with E-state index in [1.165, 1.54) is 18.3 Å². The molecule has 0 aliphatic heterocycles. The van der Waals surface area contributed by atoms with Crippen molar-refractivity contribution in [3.05, 3.63) is 52.2 Å². The third-order valence-corrected chi connectivity index (χ3v) is 4.53. The van der Waals surface area contributed by atoms with Gasteiger partial charge < -0.3 is 10.4 Å². The molecular formula is C17H15F3N4OS. The number of aryl methyl sites for hydroxylation is 2. The zero-order valence-corrected chi connectivity index (χ0v) is 14.7. The minimum absolute atomic E-state index is 0.237. The standard InChI is InChI=1S/C17H15F3N4OS/c1-9-5-11(17(18,19)20)6-14(25)15(9)13-4-3-12(23-24-13)8-22-16-21-7-10(2)26-16/h3-7,25H,8H2,1-2H3,(H,21,22). The van der Waals surface area contributed by atoms with Crippen LogP contribution in [-0.2, 0) is 12.7 Å². The minimum atomic E-state index is -4.52. The molecule has 2 aromatic heterocycles. The summed E-state index contributed by atoms with van der Waals surface area (Å²) in [6.45, 7) is 3.86. The lowest BCUT2D eigenvalue weighted by molar-refractivity contribution is -0.137. The summed E-state index contributed by atoms with van der Waals surface area (Å²) in [6, 6.07) is 5.00. The first-order chi connectivity index (χ1) is 12.2. The van der Waals surface area contributed by atoms with E-state index in [2.05, 4.69) is 20.5 Å². The zero-order chi connectivity index (χ0) is 18.9. The number of alkyl halides is 3. The van der Waals surface area contributed by atoms with Gasteiger partial charge in [0.15, 0.2) is 5.13 Å². The predicted molar refractivity (Wildman–Crippen MR) is 93.0 cm³/mol. The van der Waals surface area contributed by atoms with Crippen molar-refractivity contribution in [2.45, 2.75) is 26.6 Å². The molecule has 0 saturated carbocycles. The van der Waals surface area contributed by atoms with Crippen molar-refractivity contribution < 1.29 is 18.3 Å². The van der Waals surface area contributed by atoms with E-state index in [1.54, 1.807) is 18.3 Å². The fraction of sp³-hybridized carbons (Fsp3) is 0.235. The van der Waals surface area contributed by atoms with Gasteiger partial charge in [0.1, 0.15) is 5.75 Å². The molecule has 9 heteroatoms. The van der Waals surface area contributed by atoms with Gasteiger partial charge in [0.25, 0.3) is 0 Å². The van der Waals surface area contributed by atoms with Crippen molar-refractivity contribution in [3.63, 3.8) is 0 Å². The highest BCUT2D eigenvalue weighted by atomic mass is 32.1. The van der Waals surface area contributed by atoms with E-state index in [9.17, 15) is 18.3 Å². The molecule has 136 valence electrons. The fourth-order valence-electron chi connectivity index (χ4n) is 2.46. The Morgan fingerprint density at radius 2 is 1.92 bits per heavy atom. The molecule has 0 unspecified atom stereocenters. The Labute approximate surface area is 151 Å². The van der Waals surface area contributed by atoms with Crippen LogP contribution in [0.3, 0.4) is 0 Å². The van der Waals surface area contributed by atoms with Crippen molar-refractivity contribution >= 4 is 16.5 Å². The van der Waals surface area contributed by atoms with Crippen LogP contribution in [0, 0.1) is 13.8 Å². The lowest BCUT2D eigenvalue weighted by Gasteiger charge is -2.13. The third-order valence-electron chi connectivity index (χ3n) is 3.66. The highest BCUT2D eigenvalue weighted by Crippen LogP contribution is 2.38. The maximum Gasteiger partial charge on any atom is 0.416 e. The van der Waals surface area contributed by atoms with Crippen LogP contribution in [0.4, 0.5) is 18.3 Å². The molecule has 2 heterocycles. The maximum absolute atomic E-state index is 12.8. The molecule has 3 aromatic rings. The van der Waals surface area contributed by atoms with E-state index in [0.29, 0.717) is 24.0 Å². The maximum atomic E-state index is 12.8. The second-order valence-corrected chi connectivity index (χ2v) is 6.96. The van der Waals surface area contributed by atoms with Crippen LogP contribution >= 0.6 is 11.3 Å². The van der Waals surface area contributed by atoms with Gasteiger partial charge in [0.2, 0.25) is 0 Å². The number of phenols is 1. The number of thiazole rings is 1. The van der Waals surface area contributed by atoms with Gasteiger partial charge in [-0.15, -0.1) is 11.3 Å². The molecule has 0 aliphatic carbocycles. The Balaban J connectivity index is 1.80. The average molecular weight is 380 g/mol. The molecular weight excluding hydrogens is 365 g/mol. The number of hydrogen-bond donors (Lipinski definition) is 2. The Hall–Kier alpha value is -2.68. The van der Waals surface area contributed by atoms with Crippen LogP contribution in [0.15, 0.2) is 30.5 Å². The number of hydrogen-bond acceptors (Lipinski definition) is 6. The van der Waals surface area contributed by atoms with Gasteiger partial charge in [-0.1, -0.05) is 0 Å². The number of anilines is 1. The second kappa shape index (κ2) is 6.91. The van der Waals surface area contributed by atoms with Crippen molar-refractivity contribution in [2.24, 2.45) is 0 Å². The van der Waals surface area contributed by atoms with E-state index in [0.717, 1.165) is 16.1 Å². The van der Waals surface area contributed by atoms with E-state index >= 15 is 0 Å². The van der Waals surface area contributed by atoms with Crippen molar-refractivity contribution in [1.82, 2.24) is 15.2 Å². The van der Waals surface area contributed by atoms with E-state index in [-0.39, 0.29) is 11.1 Å². The van der Waals surface area contributed by atoms with E-state index in [4.69, 9.17) is 0 Å². The summed E-state index contributed by atoms with van der Waals surface area (Å²) in [7, 11) is 0. The first-order valence-electron chi connectivity index (χ1n) is 7.64. The van der Waals surface area contributed by atoms with Crippen LogP contribution in [-0.4, -0.2) is 20.3 Å². The molecule has 3 rings (SSSR count). The van der Waals surface area contributed by atoms with Gasteiger partial charge in [0.05, 0.1) is 23.5 Å². The summed E-state index contributed by atoms with van der Waals surface area (Å²) in [4.78, 5) is 5.27. The Kier molecular flexibility index (Phi) is 4.82. The van der Waals surface area contributed by atoms with E-state index < -0.39 is 17.5 Å². The van der Waals surface area contributed by atoms with Crippen LogP contribution in [0.25, 0.3) is 11.3 Å². The number of aromatic nitrogens is 3. The van der Waals surface area contributed by atoms with Crippen LogP contribution in [0.1, 0.15) is 21.7 Å². The van der Waals surface area contributed by atoms with Gasteiger partial charge in [-0.25, -0.2) is 4.98 Å². The lowest BCUT2D eigenvalue weighted by Crippen LogP contribution is -2.06. The highest BCUT2D eigenvalue weighted by molar-refractivity contribution is 7.15. The number of nitrogens with zero attached hydrogens (tertiary/aromatic N) is 3. The molecule has 1 aromatic carbocycles. The first-order valence-corrected chi connectivity index (χ1v) is 8.46. The molecule has 0 atom stereocenters. The molecule has 0 spiro atoms. The smallest absolute Gasteiger partial charge is 0.416 e. The van der Waals surface area contributed by atoms with Gasteiger partial charge in [-0.2, -0.15) is 23.4 Å². The number of nitrogens with one attached hydrogen (secondary N) is 1. The number of rotatable bonds is 4. The average Bonchev–Trinajstić information content (AvgIpc) is 2.98. The summed E-state index contributed by atoms with van der Waals surface area (Å²) in [5, 5.41) is 22.0. The van der Waals surface area contributed by atoms with Gasteiger partial charge in [-0.3, -0.25) is 0 Å². The summed E-state index contributed by atoms with van der Waals surface area (Å²) in [5.41, 5.74) is 0.563. The van der Waals surface area contributed by atoms with Gasteiger partial charge in [-0.05, 0) is 43.7 Å². The quantitative estimate of drug-likeness (QED) is 0.695. The summed E-state index contributed by atoms with van der Waals surface area (Å²) >= 11 is 1.52. The summed E-state index contributed by atoms with van der Waals surface area (Å²) in [5.74, 6) is -0.476. The minimum Gasteiger partial charge on any atom is -0.507 e. The topological polar surface area (TPSA) is 70.9 Å². The molecule has 0 amide bonds. The SMILES string of the molecule is Cc1cnc(NCc2ccc(-c3c(C)cc(C(F)(F)F)cc3O)nn2)s1. The Morgan fingerprint density at radius 3 is 2.46 bits per heavy atom. The molecule has 0 radical (unpaired) electrons. The number of halogens is 3. The fourth-order valence-corrected chi connectivity index (χ4v) is 3.12. The largest absolute Gasteiger partial charge is 0.507 e. The lowest BCUT2D eigenvalue weighted by atomic mass is 10.0. The number of benzene rings is 1. The van der Waals surface area contributed by atoms with Crippen LogP contribution in [0.2, 0.25) is 0 Å². The van der Waals surface area contributed by atoms with Gasteiger partial charge in [0, 0.05) is 16.6 Å². The third kappa shape index (κ3) is 3.93. The normalized spacial score (nSPS) is 11.6. The number of aromatic hydroxyl groups is 1. The molecule has 0 saturated heterocycles. The van der Waals surface area contributed by atoms with Crippen molar-refractivity contribution in [2.75, 3.05) is 5.32 Å². The first kappa shape index (κ1) is 18.1. The Bertz CT molecular complexity index is 899. The van der Waals surface area contributed by atoms with Crippen LogP contribution in [0.5, 0.6) is 5.75 Å². The van der Waals surface area contributed by atoms with Crippen molar-refractivity contribution in [1.29, 1.82) is 0 Å². The molecule has 26 heavy (non-hydrogen) atoms. The van der Waals surface area contributed by atoms with Crippen molar-refractivity contribution in [3.8, 4) is 17.0 Å².